The lowest BCUT2D eigenvalue weighted by molar-refractivity contribution is 0.0636. The van der Waals surface area contributed by atoms with E-state index in [1.54, 1.807) is 4.68 Å². The molecule has 1 aliphatic heterocycles. The highest BCUT2D eigenvalue weighted by Gasteiger charge is 2.30. The lowest BCUT2D eigenvalue weighted by atomic mass is 9.99. The third-order valence-electron chi connectivity index (χ3n) is 5.60. The van der Waals surface area contributed by atoms with E-state index >= 15 is 0 Å². The zero-order chi connectivity index (χ0) is 19.8. The van der Waals surface area contributed by atoms with Crippen LogP contribution in [0.1, 0.15) is 45.8 Å². The summed E-state index contributed by atoms with van der Waals surface area (Å²) in [5, 5.41) is 8.78. The van der Waals surface area contributed by atoms with Crippen LogP contribution in [0.15, 0.2) is 30.3 Å². The van der Waals surface area contributed by atoms with Gasteiger partial charge in [-0.2, -0.15) is 5.10 Å². The van der Waals surface area contributed by atoms with E-state index in [1.165, 1.54) is 11.1 Å². The molecular formula is C22H29Cl2N5O. The average molecular weight is 450 g/mol. The molecule has 0 saturated carbocycles. The molecule has 2 aromatic heterocycles. The minimum Gasteiger partial charge on any atom is -0.329 e. The molecule has 0 spiro atoms. The average Bonchev–Trinajstić information content (AvgIpc) is 3.00. The van der Waals surface area contributed by atoms with Gasteiger partial charge in [-0.1, -0.05) is 31.2 Å². The number of aromatic nitrogens is 3. The quantitative estimate of drug-likeness (QED) is 0.660. The topological polar surface area (TPSA) is 63.1 Å². The Morgan fingerprint density at radius 2 is 1.90 bits per heavy atom. The molecule has 6 nitrogen and oxygen atoms in total. The molecule has 162 valence electrons. The third-order valence-corrected chi connectivity index (χ3v) is 5.60. The molecule has 3 heterocycles. The van der Waals surface area contributed by atoms with Gasteiger partial charge in [-0.05, 0) is 37.5 Å². The smallest absolute Gasteiger partial charge is 0.255 e. The van der Waals surface area contributed by atoms with Gasteiger partial charge in [-0.15, -0.1) is 24.8 Å². The predicted molar refractivity (Wildman–Crippen MR) is 125 cm³/mol. The van der Waals surface area contributed by atoms with Crippen LogP contribution in [0.5, 0.6) is 0 Å². The number of rotatable bonds is 3. The summed E-state index contributed by atoms with van der Waals surface area (Å²) in [5.41, 5.74) is 5.61. The van der Waals surface area contributed by atoms with Crippen molar-refractivity contribution in [3.05, 3.63) is 58.4 Å². The standard InChI is InChI=1S/C22H27N5O.2ClH/c1-5-16-6-8-17(9-7-16)19-13-23-10-11-27(19)22(28)18-12-14(2)24-21-20(18)15(3)25-26(21)4;;/h6-9,12,19,23H,5,10-11,13H2,1-4H3;2*1H. The minimum absolute atomic E-state index is 0. The van der Waals surface area contributed by atoms with Crippen LogP contribution in [0.4, 0.5) is 0 Å². The van der Waals surface area contributed by atoms with Gasteiger partial charge in [0.15, 0.2) is 5.65 Å². The van der Waals surface area contributed by atoms with Gasteiger partial charge in [-0.25, -0.2) is 4.98 Å². The van der Waals surface area contributed by atoms with E-state index in [0.717, 1.165) is 41.9 Å². The first kappa shape index (κ1) is 24.1. The maximum absolute atomic E-state index is 13.7. The van der Waals surface area contributed by atoms with Crippen molar-refractivity contribution >= 4 is 41.8 Å². The van der Waals surface area contributed by atoms with E-state index in [4.69, 9.17) is 0 Å². The molecule has 8 heteroatoms. The van der Waals surface area contributed by atoms with Gasteiger partial charge < -0.3 is 10.2 Å². The number of nitrogens with zero attached hydrogens (tertiary/aromatic N) is 4. The molecule has 1 fully saturated rings. The molecule has 3 aromatic rings. The van der Waals surface area contributed by atoms with Crippen LogP contribution < -0.4 is 5.32 Å². The Morgan fingerprint density at radius 3 is 2.57 bits per heavy atom. The number of hydrogen-bond acceptors (Lipinski definition) is 4. The monoisotopic (exact) mass is 449 g/mol. The number of hydrogen-bond donors (Lipinski definition) is 1. The van der Waals surface area contributed by atoms with Gasteiger partial charge >= 0.3 is 0 Å². The fourth-order valence-corrected chi connectivity index (χ4v) is 4.11. The molecule has 1 amide bonds. The van der Waals surface area contributed by atoms with Crippen LogP contribution in [0, 0.1) is 13.8 Å². The minimum atomic E-state index is 0. The number of piperazine rings is 1. The van der Waals surface area contributed by atoms with Crippen LogP contribution in [-0.4, -0.2) is 45.2 Å². The van der Waals surface area contributed by atoms with Gasteiger partial charge in [0.25, 0.3) is 5.91 Å². The van der Waals surface area contributed by atoms with Crippen molar-refractivity contribution in [2.75, 3.05) is 19.6 Å². The number of pyridine rings is 1. The molecular weight excluding hydrogens is 421 g/mol. The molecule has 1 saturated heterocycles. The highest BCUT2D eigenvalue weighted by molar-refractivity contribution is 6.06. The largest absolute Gasteiger partial charge is 0.329 e. The Balaban J connectivity index is 0.00000160. The Morgan fingerprint density at radius 1 is 1.20 bits per heavy atom. The first-order valence-electron chi connectivity index (χ1n) is 9.91. The maximum Gasteiger partial charge on any atom is 0.255 e. The van der Waals surface area contributed by atoms with E-state index in [9.17, 15) is 4.79 Å². The second-order valence-electron chi connectivity index (χ2n) is 7.53. The zero-order valence-corrected chi connectivity index (χ0v) is 19.4. The summed E-state index contributed by atoms with van der Waals surface area (Å²) in [4.78, 5) is 20.3. The fourth-order valence-electron chi connectivity index (χ4n) is 4.11. The number of nitrogens with one attached hydrogen (secondary N) is 1. The Labute approximate surface area is 189 Å². The molecule has 1 N–H and O–H groups in total. The van der Waals surface area contributed by atoms with Crippen molar-refractivity contribution < 1.29 is 4.79 Å². The molecule has 30 heavy (non-hydrogen) atoms. The van der Waals surface area contributed by atoms with E-state index < -0.39 is 0 Å². The van der Waals surface area contributed by atoms with Crippen molar-refractivity contribution in [2.24, 2.45) is 7.05 Å². The van der Waals surface area contributed by atoms with Crippen LogP contribution in [-0.2, 0) is 13.5 Å². The molecule has 0 bridgehead atoms. The maximum atomic E-state index is 13.7. The Bertz CT molecular complexity index is 1030. The number of carbonyl (C=O) groups excluding carboxylic acids is 1. The number of aryl methyl sites for hydroxylation is 4. The van der Waals surface area contributed by atoms with E-state index in [0.29, 0.717) is 12.1 Å². The molecule has 0 aliphatic carbocycles. The molecule has 0 radical (unpaired) electrons. The lowest BCUT2D eigenvalue weighted by Crippen LogP contribution is -2.48. The highest BCUT2D eigenvalue weighted by atomic mass is 35.5. The van der Waals surface area contributed by atoms with Crippen molar-refractivity contribution in [3.8, 4) is 0 Å². The van der Waals surface area contributed by atoms with Crippen molar-refractivity contribution in [1.29, 1.82) is 0 Å². The molecule has 1 aromatic carbocycles. The zero-order valence-electron chi connectivity index (χ0n) is 17.8. The summed E-state index contributed by atoms with van der Waals surface area (Å²) < 4.78 is 1.76. The number of benzene rings is 1. The summed E-state index contributed by atoms with van der Waals surface area (Å²) in [6, 6.07) is 10.5. The van der Waals surface area contributed by atoms with Gasteiger partial charge in [0.2, 0.25) is 0 Å². The van der Waals surface area contributed by atoms with Crippen molar-refractivity contribution in [3.63, 3.8) is 0 Å². The Kier molecular flexibility index (Phi) is 7.86. The summed E-state index contributed by atoms with van der Waals surface area (Å²) in [7, 11) is 1.87. The molecule has 1 atom stereocenters. The lowest BCUT2D eigenvalue weighted by Gasteiger charge is -2.37. The van der Waals surface area contributed by atoms with Crippen LogP contribution in [0.2, 0.25) is 0 Å². The summed E-state index contributed by atoms with van der Waals surface area (Å²) in [6.45, 7) is 8.26. The van der Waals surface area contributed by atoms with Crippen LogP contribution in [0.3, 0.4) is 0 Å². The molecule has 1 unspecified atom stereocenters. The first-order valence-corrected chi connectivity index (χ1v) is 9.91. The second kappa shape index (κ2) is 9.77. The van der Waals surface area contributed by atoms with E-state index in [-0.39, 0.29) is 36.8 Å². The number of fused-ring (bicyclic) bond motifs is 1. The van der Waals surface area contributed by atoms with Gasteiger partial charge in [0.1, 0.15) is 0 Å². The van der Waals surface area contributed by atoms with Gasteiger partial charge in [0, 0.05) is 32.4 Å². The number of carbonyl (C=O) groups is 1. The van der Waals surface area contributed by atoms with Crippen molar-refractivity contribution in [1.82, 2.24) is 25.0 Å². The molecule has 1 aliphatic rings. The number of halogens is 2. The Hall–Kier alpha value is -2.15. The van der Waals surface area contributed by atoms with Crippen LogP contribution >= 0.6 is 24.8 Å². The van der Waals surface area contributed by atoms with Crippen molar-refractivity contribution in [2.45, 2.75) is 33.2 Å². The number of amides is 1. The summed E-state index contributed by atoms with van der Waals surface area (Å²) in [6.07, 6.45) is 1.01. The third kappa shape index (κ3) is 4.31. The van der Waals surface area contributed by atoms with E-state index in [1.807, 2.05) is 31.9 Å². The summed E-state index contributed by atoms with van der Waals surface area (Å²) >= 11 is 0. The normalized spacial score (nSPS) is 16.1. The summed E-state index contributed by atoms with van der Waals surface area (Å²) in [5.74, 6) is 0.0534. The van der Waals surface area contributed by atoms with Gasteiger partial charge in [0.05, 0.1) is 22.7 Å². The SMILES string of the molecule is CCc1ccc(C2CNCCN2C(=O)c2cc(C)nc3c2c(C)nn3C)cc1.Cl.Cl. The second-order valence-corrected chi connectivity index (χ2v) is 7.53. The van der Waals surface area contributed by atoms with Crippen LogP contribution in [0.25, 0.3) is 11.0 Å². The fraction of sp³-hybridized carbons (Fsp3) is 0.409. The predicted octanol–water partition coefficient (Wildman–Crippen LogP) is 3.78. The molecule has 4 rings (SSSR count). The van der Waals surface area contributed by atoms with E-state index in [2.05, 4.69) is 46.6 Å². The highest BCUT2D eigenvalue weighted by Crippen LogP contribution is 2.28. The van der Waals surface area contributed by atoms with Gasteiger partial charge in [-0.3, -0.25) is 9.48 Å². The first-order chi connectivity index (χ1) is 13.5.